The molecule has 0 heterocycles. The minimum absolute atomic E-state index is 0.101. The molecule has 3 heteroatoms. The average Bonchev–Trinajstić information content (AvgIpc) is 2.34. The molecule has 0 aromatic heterocycles. The monoisotopic (exact) mass is 241 g/mol. The molecule has 0 radical (unpaired) electrons. The van der Waals surface area contributed by atoms with Gasteiger partial charge >= 0.3 is 5.97 Å². The third-order valence-corrected chi connectivity index (χ3v) is 3.87. The zero-order valence-corrected chi connectivity index (χ0v) is 11.5. The van der Waals surface area contributed by atoms with Gasteiger partial charge in [0.15, 0.2) is 0 Å². The smallest absolute Gasteiger partial charge is 0.305 e. The SMILES string of the molecule is COC(=O)CCCNC1CCCCC1C(C)C. The molecule has 17 heavy (non-hydrogen) atoms. The molecule has 0 aliphatic heterocycles. The van der Waals surface area contributed by atoms with Crippen LogP contribution >= 0.6 is 0 Å². The second-order valence-electron chi connectivity index (χ2n) is 5.43. The molecule has 0 amide bonds. The Morgan fingerprint density at radius 1 is 1.35 bits per heavy atom. The van der Waals surface area contributed by atoms with Crippen molar-refractivity contribution in [2.45, 2.75) is 58.4 Å². The quantitative estimate of drug-likeness (QED) is 0.574. The lowest BCUT2D eigenvalue weighted by Gasteiger charge is -2.35. The van der Waals surface area contributed by atoms with Crippen LogP contribution in [0.4, 0.5) is 0 Å². The Hall–Kier alpha value is -0.570. The molecular weight excluding hydrogens is 214 g/mol. The van der Waals surface area contributed by atoms with Crippen molar-refractivity contribution < 1.29 is 9.53 Å². The highest BCUT2D eigenvalue weighted by Gasteiger charge is 2.26. The number of methoxy groups -OCH3 is 1. The summed E-state index contributed by atoms with van der Waals surface area (Å²) in [5.74, 6) is 1.46. The fraction of sp³-hybridized carbons (Fsp3) is 0.929. The zero-order valence-electron chi connectivity index (χ0n) is 11.5. The van der Waals surface area contributed by atoms with E-state index in [9.17, 15) is 4.79 Å². The van der Waals surface area contributed by atoms with Gasteiger partial charge < -0.3 is 10.1 Å². The standard InChI is InChI=1S/C14H27NO2/c1-11(2)12-7-4-5-8-13(12)15-10-6-9-14(16)17-3/h11-13,15H,4-10H2,1-3H3. The number of ether oxygens (including phenoxy) is 1. The van der Waals surface area contributed by atoms with E-state index in [0.29, 0.717) is 12.5 Å². The maximum atomic E-state index is 11.0. The van der Waals surface area contributed by atoms with Crippen LogP contribution in [0.5, 0.6) is 0 Å². The first-order valence-electron chi connectivity index (χ1n) is 6.95. The molecule has 1 aliphatic carbocycles. The first-order valence-corrected chi connectivity index (χ1v) is 6.95. The predicted octanol–water partition coefficient (Wildman–Crippen LogP) is 2.74. The van der Waals surface area contributed by atoms with E-state index < -0.39 is 0 Å². The molecule has 1 N–H and O–H groups in total. The van der Waals surface area contributed by atoms with Crippen LogP contribution in [0, 0.1) is 11.8 Å². The highest BCUT2D eigenvalue weighted by molar-refractivity contribution is 5.69. The maximum Gasteiger partial charge on any atom is 0.305 e. The lowest BCUT2D eigenvalue weighted by Crippen LogP contribution is -2.41. The van der Waals surface area contributed by atoms with E-state index in [1.165, 1.54) is 32.8 Å². The topological polar surface area (TPSA) is 38.3 Å². The van der Waals surface area contributed by atoms with Crippen LogP contribution in [0.15, 0.2) is 0 Å². The normalized spacial score (nSPS) is 24.9. The van der Waals surface area contributed by atoms with Crippen LogP contribution in [0.1, 0.15) is 52.4 Å². The summed E-state index contributed by atoms with van der Waals surface area (Å²) >= 11 is 0. The molecule has 0 bridgehead atoms. The molecule has 2 atom stereocenters. The lowest BCUT2D eigenvalue weighted by molar-refractivity contribution is -0.140. The highest BCUT2D eigenvalue weighted by Crippen LogP contribution is 2.30. The first-order chi connectivity index (χ1) is 8.15. The number of hydrogen-bond acceptors (Lipinski definition) is 3. The molecular formula is C14H27NO2. The lowest BCUT2D eigenvalue weighted by atomic mass is 9.78. The largest absolute Gasteiger partial charge is 0.469 e. The molecule has 1 aliphatic rings. The van der Waals surface area contributed by atoms with Gasteiger partial charge in [-0.3, -0.25) is 4.79 Å². The van der Waals surface area contributed by atoms with Crippen LogP contribution < -0.4 is 5.32 Å². The Labute approximate surface area is 105 Å². The Bertz CT molecular complexity index is 228. The van der Waals surface area contributed by atoms with E-state index in [1.54, 1.807) is 0 Å². The van der Waals surface area contributed by atoms with E-state index >= 15 is 0 Å². The van der Waals surface area contributed by atoms with E-state index in [4.69, 9.17) is 0 Å². The number of rotatable bonds is 6. The second kappa shape index (κ2) is 7.70. The summed E-state index contributed by atoms with van der Waals surface area (Å²) in [7, 11) is 1.45. The Kier molecular flexibility index (Phi) is 6.56. The highest BCUT2D eigenvalue weighted by atomic mass is 16.5. The molecule has 0 aromatic carbocycles. The minimum atomic E-state index is -0.101. The van der Waals surface area contributed by atoms with Gasteiger partial charge in [0.1, 0.15) is 0 Å². The molecule has 1 rings (SSSR count). The van der Waals surface area contributed by atoms with E-state index in [1.807, 2.05) is 0 Å². The van der Waals surface area contributed by atoms with Gasteiger partial charge in [-0.2, -0.15) is 0 Å². The fourth-order valence-corrected chi connectivity index (χ4v) is 2.83. The number of hydrogen-bond donors (Lipinski definition) is 1. The third-order valence-electron chi connectivity index (χ3n) is 3.87. The summed E-state index contributed by atoms with van der Waals surface area (Å²) in [6.07, 6.45) is 6.78. The number of carbonyl (C=O) groups excluding carboxylic acids is 1. The molecule has 0 aromatic rings. The summed E-state index contributed by atoms with van der Waals surface area (Å²) in [5, 5.41) is 3.62. The Balaban J connectivity index is 2.21. The van der Waals surface area contributed by atoms with Crippen LogP contribution in [-0.4, -0.2) is 25.7 Å². The van der Waals surface area contributed by atoms with Crippen molar-refractivity contribution in [3.8, 4) is 0 Å². The summed E-state index contributed by atoms with van der Waals surface area (Å²) < 4.78 is 4.63. The second-order valence-corrected chi connectivity index (χ2v) is 5.43. The first kappa shape index (κ1) is 14.5. The van der Waals surface area contributed by atoms with Crippen molar-refractivity contribution >= 4 is 5.97 Å². The number of esters is 1. The zero-order chi connectivity index (χ0) is 12.7. The van der Waals surface area contributed by atoms with E-state index in [2.05, 4.69) is 23.9 Å². The van der Waals surface area contributed by atoms with Gasteiger partial charge in [0.2, 0.25) is 0 Å². The van der Waals surface area contributed by atoms with Crippen LogP contribution in [-0.2, 0) is 9.53 Å². The molecule has 1 saturated carbocycles. The maximum absolute atomic E-state index is 11.0. The van der Waals surface area contributed by atoms with E-state index in [-0.39, 0.29) is 5.97 Å². The summed E-state index contributed by atoms with van der Waals surface area (Å²) in [5.41, 5.74) is 0. The molecule has 0 saturated heterocycles. The van der Waals surface area contributed by atoms with Gasteiger partial charge in [0.05, 0.1) is 7.11 Å². The number of nitrogens with one attached hydrogen (secondary N) is 1. The minimum Gasteiger partial charge on any atom is -0.469 e. The van der Waals surface area contributed by atoms with E-state index in [0.717, 1.165) is 24.8 Å². The van der Waals surface area contributed by atoms with Gasteiger partial charge in [-0.1, -0.05) is 26.7 Å². The van der Waals surface area contributed by atoms with Gasteiger partial charge in [0, 0.05) is 12.5 Å². The molecule has 100 valence electrons. The van der Waals surface area contributed by atoms with Gasteiger partial charge in [0.25, 0.3) is 0 Å². The fourth-order valence-electron chi connectivity index (χ4n) is 2.83. The van der Waals surface area contributed by atoms with Crippen LogP contribution in [0.25, 0.3) is 0 Å². The molecule has 0 spiro atoms. The van der Waals surface area contributed by atoms with Crippen molar-refractivity contribution in [1.29, 1.82) is 0 Å². The van der Waals surface area contributed by atoms with Gasteiger partial charge in [-0.05, 0) is 37.6 Å². The van der Waals surface area contributed by atoms with Crippen molar-refractivity contribution in [3.63, 3.8) is 0 Å². The molecule has 2 unspecified atom stereocenters. The average molecular weight is 241 g/mol. The van der Waals surface area contributed by atoms with Crippen molar-refractivity contribution in [1.82, 2.24) is 5.32 Å². The van der Waals surface area contributed by atoms with Crippen LogP contribution in [0.2, 0.25) is 0 Å². The third kappa shape index (κ3) is 5.07. The van der Waals surface area contributed by atoms with Gasteiger partial charge in [-0.25, -0.2) is 0 Å². The summed E-state index contributed by atoms with van der Waals surface area (Å²) in [6, 6.07) is 0.654. The molecule has 3 nitrogen and oxygen atoms in total. The number of carbonyl (C=O) groups is 1. The van der Waals surface area contributed by atoms with Crippen molar-refractivity contribution in [2.24, 2.45) is 11.8 Å². The predicted molar refractivity (Wildman–Crippen MR) is 69.8 cm³/mol. The van der Waals surface area contributed by atoms with Crippen molar-refractivity contribution in [3.05, 3.63) is 0 Å². The summed E-state index contributed by atoms with van der Waals surface area (Å²) in [4.78, 5) is 11.0. The van der Waals surface area contributed by atoms with Crippen molar-refractivity contribution in [2.75, 3.05) is 13.7 Å². The molecule has 1 fully saturated rings. The Morgan fingerprint density at radius 3 is 2.71 bits per heavy atom. The van der Waals surface area contributed by atoms with Crippen LogP contribution in [0.3, 0.4) is 0 Å². The summed E-state index contributed by atoms with van der Waals surface area (Å²) in [6.45, 7) is 5.57. The van der Waals surface area contributed by atoms with Gasteiger partial charge in [-0.15, -0.1) is 0 Å². The Morgan fingerprint density at radius 2 is 2.06 bits per heavy atom.